The van der Waals surface area contributed by atoms with Gasteiger partial charge in [0, 0.05) is 116 Å². The summed E-state index contributed by atoms with van der Waals surface area (Å²) in [5.41, 5.74) is 26.5. The Bertz CT molecular complexity index is 4370. The SMILES string of the molecule is Cc1ccc(-c2cccnc2)cc1.Cc1ccc(-c2cccnc2)cc1.Cc1ccc(-c2ccncc2)cc1.Cc1ccc(-c2cncnc2)cc1.Cc1ccc(-c2ncccn2)cc1.Cc1cccc(-c2cccnc2)c1.Cc1ccccc1-c1ccncc1.Cc1cnc(-c2ccccc2)nc1. The number of nitrogens with zero attached hydrogens (tertiary/aromatic N) is 11. The molecular formula is C93H85N11. The average molecular weight is 1360 g/mol. The Hall–Kier alpha value is -13.3. The van der Waals surface area contributed by atoms with Crippen molar-refractivity contribution in [3.63, 3.8) is 0 Å². The fourth-order valence-corrected chi connectivity index (χ4v) is 10.1. The van der Waals surface area contributed by atoms with E-state index in [1.54, 1.807) is 31.0 Å². The summed E-state index contributed by atoms with van der Waals surface area (Å²) in [4.78, 5) is 45.0. The van der Waals surface area contributed by atoms with E-state index >= 15 is 0 Å². The molecule has 11 heteroatoms. The zero-order valence-corrected chi connectivity index (χ0v) is 60.1. The van der Waals surface area contributed by atoms with Crippen molar-refractivity contribution < 1.29 is 0 Å². The molecule has 8 aromatic heterocycles. The summed E-state index contributed by atoms with van der Waals surface area (Å²) in [5, 5.41) is 0. The lowest BCUT2D eigenvalue weighted by Gasteiger charge is -2.03. The zero-order valence-electron chi connectivity index (χ0n) is 60.1. The van der Waals surface area contributed by atoms with Crippen LogP contribution in [0.15, 0.2) is 372 Å². The maximum absolute atomic E-state index is 4.24. The standard InChI is InChI=1S/5C12H11N.3C11H10N2/c1-10-2-4-11(5-3-10)12-6-8-13-9-7-12;1-10-4-2-5-11(8-10)12-6-3-7-13-9-12;2*1-10-4-6-11(7-5-10)12-3-2-8-13-9-12;1-10-4-2-3-5-12(10)11-6-8-13-9-7-11;1-9-3-5-10(6-4-9)11-12-7-2-8-13-11;1-9-2-4-10(5-3-9)11-6-12-8-13-7-11;1-9-7-12-11(13-8-9)10-5-3-2-4-6-10/h5*2-9H,1H3;3*2-8H,1H3. The molecule has 0 atom stereocenters. The molecule has 0 saturated heterocycles. The van der Waals surface area contributed by atoms with Gasteiger partial charge < -0.3 is 0 Å². The third kappa shape index (κ3) is 25.5. The van der Waals surface area contributed by atoms with Crippen LogP contribution in [0.25, 0.3) is 89.5 Å². The number of benzene rings is 8. The Morgan fingerprint density at radius 3 is 0.952 bits per heavy atom. The predicted octanol–water partition coefficient (Wildman–Crippen LogP) is 22.6. The Kier molecular flexibility index (Phi) is 29.8. The van der Waals surface area contributed by atoms with Crippen LogP contribution in [0.5, 0.6) is 0 Å². The van der Waals surface area contributed by atoms with Crippen molar-refractivity contribution in [3.8, 4) is 89.5 Å². The van der Waals surface area contributed by atoms with E-state index < -0.39 is 0 Å². The van der Waals surface area contributed by atoms with Gasteiger partial charge in [-0.2, -0.15) is 0 Å². The predicted molar refractivity (Wildman–Crippen MR) is 429 cm³/mol. The van der Waals surface area contributed by atoms with Gasteiger partial charge in [0.25, 0.3) is 0 Å². The first-order valence-corrected chi connectivity index (χ1v) is 34.2. The van der Waals surface area contributed by atoms with Crippen molar-refractivity contribution in [3.05, 3.63) is 417 Å². The molecule has 0 aliphatic heterocycles. The highest BCUT2D eigenvalue weighted by molar-refractivity contribution is 5.68. The molecule has 104 heavy (non-hydrogen) atoms. The van der Waals surface area contributed by atoms with E-state index in [-0.39, 0.29) is 0 Å². The molecule has 0 fully saturated rings. The van der Waals surface area contributed by atoms with Gasteiger partial charge >= 0.3 is 0 Å². The number of aromatic nitrogens is 11. The summed E-state index contributed by atoms with van der Waals surface area (Å²) in [6.45, 7) is 16.6. The summed E-state index contributed by atoms with van der Waals surface area (Å²) in [5.74, 6) is 1.56. The van der Waals surface area contributed by atoms with E-state index in [2.05, 4.69) is 279 Å². The summed E-state index contributed by atoms with van der Waals surface area (Å²) in [6.07, 6.45) is 30.6. The number of aryl methyl sites for hydroxylation is 8. The van der Waals surface area contributed by atoms with Crippen LogP contribution in [0.2, 0.25) is 0 Å². The minimum absolute atomic E-state index is 0.780. The minimum atomic E-state index is 0.780. The molecular weight excluding hydrogens is 1270 g/mol. The third-order valence-corrected chi connectivity index (χ3v) is 15.9. The Morgan fingerprint density at radius 1 is 0.173 bits per heavy atom. The number of pyridine rings is 5. The molecule has 11 nitrogen and oxygen atoms in total. The van der Waals surface area contributed by atoms with Crippen LogP contribution in [0.1, 0.15) is 44.5 Å². The molecule has 0 aliphatic rings. The topological polar surface area (TPSA) is 142 Å². The smallest absolute Gasteiger partial charge is 0.159 e. The van der Waals surface area contributed by atoms with Gasteiger partial charge in [0.05, 0.1) is 0 Å². The van der Waals surface area contributed by atoms with E-state index in [4.69, 9.17) is 0 Å². The molecule has 0 radical (unpaired) electrons. The highest BCUT2D eigenvalue weighted by Gasteiger charge is 2.03. The van der Waals surface area contributed by atoms with Crippen molar-refractivity contribution in [1.82, 2.24) is 54.8 Å². The third-order valence-electron chi connectivity index (χ3n) is 15.9. The number of hydrogen-bond donors (Lipinski definition) is 0. The second-order valence-electron chi connectivity index (χ2n) is 24.4. The Morgan fingerprint density at radius 2 is 0.519 bits per heavy atom. The molecule has 0 bridgehead atoms. The highest BCUT2D eigenvalue weighted by atomic mass is 14.9. The van der Waals surface area contributed by atoms with Crippen molar-refractivity contribution in [1.29, 1.82) is 0 Å². The van der Waals surface area contributed by atoms with Crippen molar-refractivity contribution in [2.45, 2.75) is 55.4 Å². The summed E-state index contributed by atoms with van der Waals surface area (Å²) >= 11 is 0. The molecule has 0 amide bonds. The molecule has 8 heterocycles. The zero-order chi connectivity index (χ0) is 72.8. The van der Waals surface area contributed by atoms with Crippen molar-refractivity contribution in [2.75, 3.05) is 0 Å². The average Bonchev–Trinajstić information content (AvgIpc) is 0.854. The van der Waals surface area contributed by atoms with E-state index in [9.17, 15) is 0 Å². The second kappa shape index (κ2) is 41.4. The quantitative estimate of drug-likeness (QED) is 0.143. The maximum atomic E-state index is 4.24. The normalized spacial score (nSPS) is 9.92. The molecule has 8 aromatic carbocycles. The molecule has 0 saturated carbocycles. The van der Waals surface area contributed by atoms with E-state index in [0.717, 1.165) is 39.5 Å². The van der Waals surface area contributed by atoms with Crippen molar-refractivity contribution in [2.24, 2.45) is 0 Å². The number of rotatable bonds is 8. The minimum Gasteiger partial charge on any atom is -0.265 e. The molecule has 16 rings (SSSR count). The van der Waals surface area contributed by atoms with Gasteiger partial charge in [0.1, 0.15) is 6.33 Å². The summed E-state index contributed by atoms with van der Waals surface area (Å²) in [6, 6.07) is 90.7. The Labute approximate surface area is 613 Å². The van der Waals surface area contributed by atoms with Gasteiger partial charge in [0.2, 0.25) is 0 Å². The van der Waals surface area contributed by atoms with E-state index in [0.29, 0.717) is 0 Å². The van der Waals surface area contributed by atoms with Crippen LogP contribution in [-0.4, -0.2) is 54.8 Å². The molecule has 0 aliphatic carbocycles. The van der Waals surface area contributed by atoms with E-state index in [1.165, 1.54) is 101 Å². The van der Waals surface area contributed by atoms with Gasteiger partial charge in [-0.05, 0) is 176 Å². The van der Waals surface area contributed by atoms with Gasteiger partial charge in [-0.25, -0.2) is 29.9 Å². The van der Waals surface area contributed by atoms with Gasteiger partial charge in [-0.3, -0.25) is 24.9 Å². The largest absolute Gasteiger partial charge is 0.265 e. The van der Waals surface area contributed by atoms with Crippen LogP contribution >= 0.6 is 0 Å². The number of hydrogen-bond acceptors (Lipinski definition) is 11. The van der Waals surface area contributed by atoms with Crippen LogP contribution < -0.4 is 0 Å². The summed E-state index contributed by atoms with van der Waals surface area (Å²) < 4.78 is 0. The molecule has 0 unspecified atom stereocenters. The van der Waals surface area contributed by atoms with Crippen LogP contribution in [0.3, 0.4) is 0 Å². The van der Waals surface area contributed by atoms with Crippen LogP contribution in [-0.2, 0) is 0 Å². The molecule has 512 valence electrons. The first-order valence-electron chi connectivity index (χ1n) is 34.2. The fourth-order valence-electron chi connectivity index (χ4n) is 10.1. The van der Waals surface area contributed by atoms with Gasteiger partial charge in [-0.1, -0.05) is 252 Å². The van der Waals surface area contributed by atoms with Gasteiger partial charge in [0.15, 0.2) is 11.6 Å². The monoisotopic (exact) mass is 1360 g/mol. The van der Waals surface area contributed by atoms with E-state index in [1.807, 2.05) is 166 Å². The summed E-state index contributed by atoms with van der Waals surface area (Å²) in [7, 11) is 0. The lowest BCUT2D eigenvalue weighted by Crippen LogP contribution is -1.88. The van der Waals surface area contributed by atoms with Crippen LogP contribution in [0, 0.1) is 55.4 Å². The lowest BCUT2D eigenvalue weighted by molar-refractivity contribution is 1.14. The highest BCUT2D eigenvalue weighted by Crippen LogP contribution is 2.25. The Balaban J connectivity index is 0.000000138. The van der Waals surface area contributed by atoms with Gasteiger partial charge in [-0.15, -0.1) is 0 Å². The molecule has 16 aromatic rings. The second-order valence-corrected chi connectivity index (χ2v) is 24.4. The maximum Gasteiger partial charge on any atom is 0.159 e. The lowest BCUT2D eigenvalue weighted by atomic mass is 10.0. The van der Waals surface area contributed by atoms with Crippen molar-refractivity contribution >= 4 is 0 Å². The molecule has 0 N–H and O–H groups in total. The first-order chi connectivity index (χ1) is 50.9. The first kappa shape index (κ1) is 75.0. The molecule has 0 spiro atoms. The van der Waals surface area contributed by atoms with Crippen LogP contribution in [0.4, 0.5) is 0 Å². The fraction of sp³-hybridized carbons (Fsp3) is 0.0860.